The van der Waals surface area contributed by atoms with Gasteiger partial charge < -0.3 is 4.74 Å². The van der Waals surface area contributed by atoms with Crippen molar-refractivity contribution in [3.8, 4) is 0 Å². The van der Waals surface area contributed by atoms with Gasteiger partial charge in [-0.25, -0.2) is 0 Å². The molecule has 1 atom stereocenters. The van der Waals surface area contributed by atoms with E-state index in [1.807, 2.05) is 37.3 Å². The Morgan fingerprint density at radius 1 is 1.24 bits per heavy atom. The number of carbonyl (C=O) groups excluding carboxylic acids is 2. The first-order valence-electron chi connectivity index (χ1n) is 8.58. The van der Waals surface area contributed by atoms with E-state index in [4.69, 9.17) is 4.74 Å². The van der Waals surface area contributed by atoms with Crippen molar-refractivity contribution in [2.75, 3.05) is 11.9 Å². The lowest BCUT2D eigenvalue weighted by Gasteiger charge is -2.09. The second-order valence-corrected chi connectivity index (χ2v) is 8.28. The second kappa shape index (κ2) is 8.28. The van der Waals surface area contributed by atoms with Crippen molar-refractivity contribution >= 4 is 39.0 Å². The van der Waals surface area contributed by atoms with E-state index in [0.29, 0.717) is 12.2 Å². The highest BCUT2D eigenvalue weighted by atomic mass is 79.9. The lowest BCUT2D eigenvalue weighted by Crippen LogP contribution is -2.13. The van der Waals surface area contributed by atoms with Gasteiger partial charge in [-0.1, -0.05) is 46.3 Å². The van der Waals surface area contributed by atoms with E-state index in [1.54, 1.807) is 11.3 Å². The minimum Gasteiger partial charge on any atom is -0.465 e. The number of hydrogen-bond acceptors (Lipinski definition) is 4. The van der Waals surface area contributed by atoms with Crippen LogP contribution in [0.25, 0.3) is 0 Å². The molecule has 1 aromatic heterocycles. The van der Waals surface area contributed by atoms with Crippen molar-refractivity contribution in [3.05, 3.63) is 56.8 Å². The van der Waals surface area contributed by atoms with Gasteiger partial charge in [0.2, 0.25) is 0 Å². The van der Waals surface area contributed by atoms with Crippen LogP contribution in [-0.4, -0.2) is 23.7 Å². The predicted octanol–water partition coefficient (Wildman–Crippen LogP) is 5.04. The van der Waals surface area contributed by atoms with Crippen LogP contribution >= 0.6 is 27.3 Å². The number of benzene rings is 1. The van der Waals surface area contributed by atoms with E-state index < -0.39 is 0 Å². The van der Waals surface area contributed by atoms with Crippen molar-refractivity contribution in [3.63, 3.8) is 0 Å². The highest BCUT2D eigenvalue weighted by Gasteiger charge is 2.36. The molecular weight excluding hydrogens is 400 g/mol. The zero-order valence-corrected chi connectivity index (χ0v) is 16.6. The Kier molecular flexibility index (Phi) is 6.07. The monoisotopic (exact) mass is 420 g/mol. The zero-order valence-electron chi connectivity index (χ0n) is 14.2. The van der Waals surface area contributed by atoms with E-state index in [9.17, 15) is 9.59 Å². The van der Waals surface area contributed by atoms with Gasteiger partial charge in [0, 0.05) is 26.2 Å². The Morgan fingerprint density at radius 2 is 2.00 bits per heavy atom. The van der Waals surface area contributed by atoms with Gasteiger partial charge in [-0.05, 0) is 38.2 Å². The van der Waals surface area contributed by atoms with Crippen LogP contribution in [0.4, 0.5) is 0 Å². The topological polar surface area (TPSA) is 43.4 Å². The molecule has 0 saturated carbocycles. The van der Waals surface area contributed by atoms with Crippen LogP contribution in [0.1, 0.15) is 56.4 Å². The number of aryl methyl sites for hydroxylation is 1. The Morgan fingerprint density at radius 3 is 2.72 bits per heavy atom. The minimum absolute atomic E-state index is 0.0574. The summed E-state index contributed by atoms with van der Waals surface area (Å²) in [5.74, 6) is -0.296. The standard InChI is InChI=1S/C20H21BrO3S/c1-13-17(18(22)14-7-3-2-4-8-14)15-9-10-16(19(15)25-13)20(23)24-12-6-5-11-21/h2-4,7-8,16H,5-6,9-12H2,1H3. The Balaban J connectivity index is 1.78. The van der Waals surface area contributed by atoms with E-state index in [2.05, 4.69) is 15.9 Å². The Labute approximate surface area is 160 Å². The van der Waals surface area contributed by atoms with Gasteiger partial charge in [-0.3, -0.25) is 9.59 Å². The molecule has 1 aromatic carbocycles. The third-order valence-corrected chi connectivity index (χ3v) is 6.36. The molecule has 3 rings (SSSR count). The molecule has 0 fully saturated rings. The normalized spacial score (nSPS) is 15.8. The summed E-state index contributed by atoms with van der Waals surface area (Å²) in [6.45, 7) is 2.44. The number of rotatable bonds is 7. The van der Waals surface area contributed by atoms with Crippen LogP contribution in [0, 0.1) is 6.92 Å². The molecule has 5 heteroatoms. The number of fused-ring (bicyclic) bond motifs is 1. The summed E-state index contributed by atoms with van der Waals surface area (Å²) in [4.78, 5) is 27.3. The van der Waals surface area contributed by atoms with Gasteiger partial charge in [0.1, 0.15) is 0 Å². The van der Waals surface area contributed by atoms with Gasteiger partial charge in [0.05, 0.1) is 12.5 Å². The summed E-state index contributed by atoms with van der Waals surface area (Å²) in [6, 6.07) is 9.35. The summed E-state index contributed by atoms with van der Waals surface area (Å²) >= 11 is 4.95. The van der Waals surface area contributed by atoms with Crippen LogP contribution in [0.2, 0.25) is 0 Å². The third kappa shape index (κ3) is 3.87. The van der Waals surface area contributed by atoms with Gasteiger partial charge in [0.25, 0.3) is 0 Å². The fourth-order valence-electron chi connectivity index (χ4n) is 3.29. The van der Waals surface area contributed by atoms with Crippen molar-refractivity contribution in [1.82, 2.24) is 0 Å². The molecule has 1 aliphatic rings. The Hall–Kier alpha value is -1.46. The molecule has 0 radical (unpaired) electrons. The summed E-state index contributed by atoms with van der Waals surface area (Å²) < 4.78 is 5.44. The number of alkyl halides is 1. The fourth-order valence-corrected chi connectivity index (χ4v) is 5.02. The molecule has 0 spiro atoms. The van der Waals surface area contributed by atoms with E-state index in [-0.39, 0.29) is 17.7 Å². The zero-order chi connectivity index (χ0) is 17.8. The van der Waals surface area contributed by atoms with Crippen molar-refractivity contribution in [2.45, 2.75) is 38.5 Å². The molecule has 0 bridgehead atoms. The lowest BCUT2D eigenvalue weighted by molar-refractivity contribution is -0.145. The van der Waals surface area contributed by atoms with E-state index in [1.165, 1.54) is 0 Å². The molecule has 1 heterocycles. The maximum atomic E-state index is 12.9. The smallest absolute Gasteiger partial charge is 0.314 e. The highest BCUT2D eigenvalue weighted by Crippen LogP contribution is 2.43. The number of ether oxygens (including phenoxy) is 1. The summed E-state index contributed by atoms with van der Waals surface area (Å²) in [6.07, 6.45) is 3.39. The SMILES string of the molecule is Cc1sc2c(c1C(=O)c1ccccc1)CCC2C(=O)OCCCCBr. The first-order valence-corrected chi connectivity index (χ1v) is 10.5. The van der Waals surface area contributed by atoms with Crippen LogP contribution in [0.3, 0.4) is 0 Å². The number of unbranched alkanes of at least 4 members (excludes halogenated alkanes) is 1. The van der Waals surface area contributed by atoms with Crippen LogP contribution in [-0.2, 0) is 16.0 Å². The average molecular weight is 421 g/mol. The number of hydrogen-bond donors (Lipinski definition) is 0. The molecule has 0 aliphatic heterocycles. The molecule has 3 nitrogen and oxygen atoms in total. The number of halogens is 1. The molecule has 2 aromatic rings. The summed E-state index contributed by atoms with van der Waals surface area (Å²) in [5, 5.41) is 0.924. The van der Waals surface area contributed by atoms with E-state index in [0.717, 1.165) is 51.9 Å². The third-order valence-electron chi connectivity index (χ3n) is 4.53. The van der Waals surface area contributed by atoms with Crippen molar-refractivity contribution in [1.29, 1.82) is 0 Å². The molecule has 0 saturated heterocycles. The Bertz CT molecular complexity index is 767. The molecule has 0 amide bonds. The number of esters is 1. The molecular formula is C20H21BrO3S. The first kappa shape index (κ1) is 18.3. The van der Waals surface area contributed by atoms with Crippen molar-refractivity contribution < 1.29 is 14.3 Å². The number of thiophene rings is 1. The maximum absolute atomic E-state index is 12.9. The second-order valence-electron chi connectivity index (χ2n) is 6.23. The minimum atomic E-state index is -0.208. The van der Waals surface area contributed by atoms with Crippen molar-refractivity contribution in [2.24, 2.45) is 0 Å². The van der Waals surface area contributed by atoms with E-state index >= 15 is 0 Å². The average Bonchev–Trinajstić information content (AvgIpc) is 3.16. The first-order chi connectivity index (χ1) is 12.1. The molecule has 25 heavy (non-hydrogen) atoms. The number of carbonyl (C=O) groups is 2. The lowest BCUT2D eigenvalue weighted by atomic mass is 9.99. The maximum Gasteiger partial charge on any atom is 0.314 e. The quantitative estimate of drug-likeness (QED) is 0.272. The number of ketones is 1. The molecule has 132 valence electrons. The van der Waals surface area contributed by atoms with Gasteiger partial charge in [0.15, 0.2) is 5.78 Å². The predicted molar refractivity (Wildman–Crippen MR) is 104 cm³/mol. The fraction of sp³-hybridized carbons (Fsp3) is 0.400. The molecule has 1 aliphatic carbocycles. The van der Waals surface area contributed by atoms with Gasteiger partial charge in [-0.15, -0.1) is 11.3 Å². The van der Waals surface area contributed by atoms with Crippen LogP contribution in [0.5, 0.6) is 0 Å². The highest BCUT2D eigenvalue weighted by molar-refractivity contribution is 9.09. The molecule has 1 unspecified atom stereocenters. The largest absolute Gasteiger partial charge is 0.465 e. The van der Waals surface area contributed by atoms with Crippen LogP contribution < -0.4 is 0 Å². The summed E-state index contributed by atoms with van der Waals surface area (Å²) in [7, 11) is 0. The van der Waals surface area contributed by atoms with Gasteiger partial charge >= 0.3 is 5.97 Å². The van der Waals surface area contributed by atoms with Crippen LogP contribution in [0.15, 0.2) is 30.3 Å². The molecule has 0 N–H and O–H groups in total. The van der Waals surface area contributed by atoms with Gasteiger partial charge in [-0.2, -0.15) is 0 Å². The summed E-state index contributed by atoms with van der Waals surface area (Å²) in [5.41, 5.74) is 2.55.